The lowest BCUT2D eigenvalue weighted by molar-refractivity contribution is 1.33. The Balaban J connectivity index is 2.11. The predicted molar refractivity (Wildman–Crippen MR) is 79.6 cm³/mol. The average Bonchev–Trinajstić information content (AvgIpc) is 2.94. The minimum atomic E-state index is 0.0238. The van der Waals surface area contributed by atoms with Crippen molar-refractivity contribution in [2.75, 3.05) is 0 Å². The van der Waals surface area contributed by atoms with Gasteiger partial charge in [0.25, 0.3) is 0 Å². The lowest BCUT2D eigenvalue weighted by Gasteiger charge is -1.96. The Morgan fingerprint density at radius 2 is 2.21 bits per heavy atom. The lowest BCUT2D eigenvalue weighted by Crippen LogP contribution is -2.21. The monoisotopic (exact) mass is 271 g/mol. The van der Waals surface area contributed by atoms with Gasteiger partial charge in [-0.2, -0.15) is 4.99 Å². The number of aromatic amines is 1. The Morgan fingerprint density at radius 1 is 1.37 bits per heavy atom. The van der Waals surface area contributed by atoms with E-state index in [-0.39, 0.29) is 5.96 Å². The Morgan fingerprint density at radius 3 is 3.00 bits per heavy atom. The van der Waals surface area contributed by atoms with Gasteiger partial charge >= 0.3 is 0 Å². The van der Waals surface area contributed by atoms with Crippen molar-refractivity contribution in [3.63, 3.8) is 0 Å². The summed E-state index contributed by atoms with van der Waals surface area (Å²) in [6, 6.07) is 6.28. The molecule has 0 aliphatic rings. The number of rotatable bonds is 2. The minimum absolute atomic E-state index is 0.0238. The minimum Gasteiger partial charge on any atom is -0.370 e. The summed E-state index contributed by atoms with van der Waals surface area (Å²) < 4.78 is 0. The maximum absolute atomic E-state index is 5.35. The summed E-state index contributed by atoms with van der Waals surface area (Å²) in [5.74, 6) is 0.0238. The highest BCUT2D eigenvalue weighted by Crippen LogP contribution is 2.32. The van der Waals surface area contributed by atoms with E-state index in [2.05, 4.69) is 40.1 Å². The van der Waals surface area contributed by atoms with Crippen molar-refractivity contribution in [2.24, 2.45) is 16.5 Å². The van der Waals surface area contributed by atoms with Crippen molar-refractivity contribution in [3.8, 4) is 11.3 Å². The summed E-state index contributed by atoms with van der Waals surface area (Å²) in [4.78, 5) is 11.6. The van der Waals surface area contributed by atoms with Crippen LogP contribution in [0.5, 0.6) is 0 Å². The smallest absolute Gasteiger partial charge is 0.212 e. The molecule has 0 aliphatic carbocycles. The quantitative estimate of drug-likeness (QED) is 0.494. The van der Waals surface area contributed by atoms with E-state index < -0.39 is 0 Å². The molecule has 5 N–H and O–H groups in total. The van der Waals surface area contributed by atoms with Crippen molar-refractivity contribution in [1.82, 2.24) is 9.97 Å². The van der Waals surface area contributed by atoms with Gasteiger partial charge in [0.1, 0.15) is 0 Å². The molecule has 2 aromatic heterocycles. The molecule has 0 aliphatic heterocycles. The van der Waals surface area contributed by atoms with Gasteiger partial charge in [-0.05, 0) is 19.1 Å². The lowest BCUT2D eigenvalue weighted by atomic mass is 10.1. The normalized spacial score (nSPS) is 10.8. The van der Waals surface area contributed by atoms with Gasteiger partial charge in [0.05, 0.1) is 5.69 Å². The van der Waals surface area contributed by atoms with Gasteiger partial charge in [0, 0.05) is 28.0 Å². The number of nitrogens with one attached hydrogen (secondary N) is 1. The molecule has 5 nitrogen and oxygen atoms in total. The molecule has 0 amide bonds. The number of hydrogen-bond acceptors (Lipinski definition) is 3. The van der Waals surface area contributed by atoms with Crippen LogP contribution in [-0.2, 0) is 0 Å². The Bertz CT molecular complexity index is 764. The molecule has 0 saturated carbocycles. The first-order chi connectivity index (χ1) is 9.13. The van der Waals surface area contributed by atoms with E-state index in [0.717, 1.165) is 22.2 Å². The number of nitrogens with two attached hydrogens (primary N) is 2. The van der Waals surface area contributed by atoms with Crippen LogP contribution in [0.25, 0.3) is 22.2 Å². The van der Waals surface area contributed by atoms with Gasteiger partial charge in [0.15, 0.2) is 5.96 Å². The highest BCUT2D eigenvalue weighted by atomic mass is 32.1. The molecule has 0 unspecified atom stereocenters. The molecule has 0 spiro atoms. The zero-order chi connectivity index (χ0) is 13.4. The van der Waals surface area contributed by atoms with Crippen LogP contribution in [-0.4, -0.2) is 15.9 Å². The molecule has 0 atom stereocenters. The average molecular weight is 271 g/mol. The van der Waals surface area contributed by atoms with Gasteiger partial charge in [0.2, 0.25) is 5.13 Å². The molecule has 0 saturated heterocycles. The third-order valence-corrected chi connectivity index (χ3v) is 3.56. The van der Waals surface area contributed by atoms with E-state index in [1.807, 2.05) is 11.6 Å². The molecule has 0 bridgehead atoms. The summed E-state index contributed by atoms with van der Waals surface area (Å²) in [5.41, 5.74) is 15.0. The maximum Gasteiger partial charge on any atom is 0.212 e. The molecule has 0 radical (unpaired) electrons. The van der Waals surface area contributed by atoms with Crippen LogP contribution in [0.15, 0.2) is 34.8 Å². The Kier molecular flexibility index (Phi) is 2.72. The van der Waals surface area contributed by atoms with Crippen molar-refractivity contribution in [1.29, 1.82) is 0 Å². The molecule has 0 fully saturated rings. The zero-order valence-electron chi connectivity index (χ0n) is 10.3. The Hall–Kier alpha value is -2.34. The summed E-state index contributed by atoms with van der Waals surface area (Å²) in [6.07, 6.45) is 1.96. The van der Waals surface area contributed by atoms with Gasteiger partial charge in [-0.15, -0.1) is 11.3 Å². The molecule has 96 valence electrons. The van der Waals surface area contributed by atoms with Gasteiger partial charge in [-0.25, -0.2) is 4.98 Å². The number of guanidine groups is 1. The van der Waals surface area contributed by atoms with Crippen LogP contribution in [0.1, 0.15) is 5.56 Å². The van der Waals surface area contributed by atoms with Crippen LogP contribution in [0, 0.1) is 6.92 Å². The van der Waals surface area contributed by atoms with Crippen molar-refractivity contribution >= 4 is 33.3 Å². The number of fused-ring (bicyclic) bond motifs is 1. The second-order valence-electron chi connectivity index (χ2n) is 4.30. The van der Waals surface area contributed by atoms with E-state index in [4.69, 9.17) is 11.5 Å². The molecule has 3 rings (SSSR count). The fourth-order valence-corrected chi connectivity index (χ4v) is 2.70. The largest absolute Gasteiger partial charge is 0.370 e. The molecule has 3 aromatic rings. The maximum atomic E-state index is 5.35. The molecule has 19 heavy (non-hydrogen) atoms. The van der Waals surface area contributed by atoms with E-state index in [1.54, 1.807) is 0 Å². The van der Waals surface area contributed by atoms with E-state index in [1.165, 1.54) is 16.9 Å². The van der Waals surface area contributed by atoms with Crippen LogP contribution in [0.3, 0.4) is 0 Å². The van der Waals surface area contributed by atoms with Crippen molar-refractivity contribution in [2.45, 2.75) is 6.92 Å². The van der Waals surface area contributed by atoms with Gasteiger partial charge in [-0.1, -0.05) is 11.6 Å². The second kappa shape index (κ2) is 4.40. The third kappa shape index (κ3) is 2.17. The van der Waals surface area contributed by atoms with Crippen LogP contribution < -0.4 is 11.5 Å². The first kappa shape index (κ1) is 11.7. The Labute approximate surface area is 114 Å². The number of aryl methyl sites for hydroxylation is 1. The van der Waals surface area contributed by atoms with Crippen molar-refractivity contribution < 1.29 is 0 Å². The SMILES string of the molecule is Cc1ccc2[nH]cc(-c3csc(N=C(N)N)n3)c2c1. The number of nitrogens with zero attached hydrogens (tertiary/aromatic N) is 2. The topological polar surface area (TPSA) is 93.1 Å². The van der Waals surface area contributed by atoms with Crippen molar-refractivity contribution in [3.05, 3.63) is 35.3 Å². The molecule has 2 heterocycles. The van der Waals surface area contributed by atoms with Crippen LogP contribution in [0.4, 0.5) is 5.13 Å². The van der Waals surface area contributed by atoms with E-state index >= 15 is 0 Å². The molecule has 6 heteroatoms. The number of aliphatic imine (C=N–C) groups is 1. The van der Waals surface area contributed by atoms with E-state index in [0.29, 0.717) is 5.13 Å². The third-order valence-electron chi connectivity index (χ3n) is 2.83. The zero-order valence-corrected chi connectivity index (χ0v) is 11.2. The van der Waals surface area contributed by atoms with Gasteiger partial charge in [-0.3, -0.25) is 0 Å². The molecular weight excluding hydrogens is 258 g/mol. The summed E-state index contributed by atoms with van der Waals surface area (Å²) in [6.45, 7) is 2.07. The fourth-order valence-electron chi connectivity index (χ4n) is 2.00. The number of hydrogen-bond donors (Lipinski definition) is 3. The fraction of sp³-hybridized carbons (Fsp3) is 0.0769. The highest BCUT2D eigenvalue weighted by Gasteiger charge is 2.10. The number of aromatic nitrogens is 2. The highest BCUT2D eigenvalue weighted by molar-refractivity contribution is 7.13. The van der Waals surface area contributed by atoms with Gasteiger partial charge < -0.3 is 16.5 Å². The second-order valence-corrected chi connectivity index (χ2v) is 5.14. The summed E-state index contributed by atoms with van der Waals surface area (Å²) >= 11 is 1.42. The molecule has 1 aromatic carbocycles. The first-order valence-corrected chi connectivity index (χ1v) is 6.65. The standard InChI is InChI=1S/C13H13N5S/c1-7-2-3-10-8(4-7)9(5-16-10)11-6-19-13(17-11)18-12(14)15/h2-6,16H,1H3,(H4,14,15,17,18). The molecular formula is C13H13N5S. The first-order valence-electron chi connectivity index (χ1n) is 5.77. The number of benzene rings is 1. The summed E-state index contributed by atoms with van der Waals surface area (Å²) in [5, 5.41) is 3.67. The number of thiazole rings is 1. The van der Waals surface area contributed by atoms with Crippen LogP contribution in [0.2, 0.25) is 0 Å². The van der Waals surface area contributed by atoms with Crippen LogP contribution >= 0.6 is 11.3 Å². The number of H-pyrrole nitrogens is 1. The van der Waals surface area contributed by atoms with E-state index in [9.17, 15) is 0 Å². The predicted octanol–water partition coefficient (Wildman–Crippen LogP) is 2.50. The summed E-state index contributed by atoms with van der Waals surface area (Å²) in [7, 11) is 0.